The van der Waals surface area contributed by atoms with Gasteiger partial charge >= 0.3 is 0 Å². The second-order valence-corrected chi connectivity index (χ2v) is 5.29. The molecule has 1 aliphatic rings. The molecule has 1 N–H and O–H groups in total. The monoisotopic (exact) mass is 249 g/mol. The third-order valence-corrected chi connectivity index (χ3v) is 4.41. The highest BCUT2D eigenvalue weighted by Gasteiger charge is 2.18. The Kier molecular flexibility index (Phi) is 4.51. The summed E-state index contributed by atoms with van der Waals surface area (Å²) in [5, 5.41) is 8.97. The Balaban J connectivity index is 1.89. The number of hydrogen-bond acceptors (Lipinski definition) is 3. The van der Waals surface area contributed by atoms with Gasteiger partial charge in [0.2, 0.25) is 0 Å². The summed E-state index contributed by atoms with van der Waals surface area (Å²) >= 11 is 1.86. The molecular weight excluding hydrogens is 230 g/mol. The fourth-order valence-corrected chi connectivity index (χ4v) is 3.24. The van der Waals surface area contributed by atoms with E-state index in [0.717, 1.165) is 25.3 Å². The van der Waals surface area contributed by atoms with E-state index in [4.69, 9.17) is 5.11 Å². The van der Waals surface area contributed by atoms with E-state index in [2.05, 4.69) is 42.2 Å². The number of nitrogens with zero attached hydrogens (tertiary/aromatic N) is 1. The van der Waals surface area contributed by atoms with Crippen molar-refractivity contribution in [2.45, 2.75) is 19.8 Å². The quantitative estimate of drug-likeness (QED) is 0.868. The van der Waals surface area contributed by atoms with Gasteiger partial charge in [0.15, 0.2) is 0 Å². The predicted octanol–water partition coefficient (Wildman–Crippen LogP) is 2.85. The lowest BCUT2D eigenvalue weighted by atomic mass is 10.1. The zero-order valence-corrected chi connectivity index (χ0v) is 11.0. The smallest absolute Gasteiger partial charge is 0.0680 e. The first-order valence-corrected chi connectivity index (χ1v) is 7.02. The summed E-state index contributed by atoms with van der Waals surface area (Å²) in [4.78, 5) is 3.75. The van der Waals surface area contributed by atoms with E-state index in [1.165, 1.54) is 16.2 Å². The van der Waals surface area contributed by atoms with Crippen LogP contribution < -0.4 is 0 Å². The normalized spacial score (nSPS) is 15.8. The van der Waals surface area contributed by atoms with Crippen LogP contribution in [0.4, 0.5) is 0 Å². The largest absolute Gasteiger partial charge is 0.396 e. The molecule has 0 aromatic heterocycles. The van der Waals surface area contributed by atoms with Crippen LogP contribution in [0.15, 0.2) is 40.9 Å². The van der Waals surface area contributed by atoms with Gasteiger partial charge in [-0.15, -0.1) is 11.8 Å². The molecule has 0 atom stereocenters. The van der Waals surface area contributed by atoms with E-state index in [-0.39, 0.29) is 6.61 Å². The van der Waals surface area contributed by atoms with Gasteiger partial charge in [0.25, 0.3) is 0 Å². The van der Waals surface area contributed by atoms with Gasteiger partial charge in [-0.05, 0) is 18.9 Å². The van der Waals surface area contributed by atoms with Crippen molar-refractivity contribution in [3.63, 3.8) is 0 Å². The van der Waals surface area contributed by atoms with E-state index < -0.39 is 0 Å². The number of benzene rings is 1. The first kappa shape index (κ1) is 12.5. The maximum atomic E-state index is 8.97. The molecule has 1 heterocycles. The molecule has 0 fully saturated rings. The number of thioether (sulfide) groups is 1. The number of hydrogen-bond donors (Lipinski definition) is 1. The summed E-state index contributed by atoms with van der Waals surface area (Å²) < 4.78 is 0. The van der Waals surface area contributed by atoms with Crippen molar-refractivity contribution in [2.75, 3.05) is 19.0 Å². The Morgan fingerprint density at radius 1 is 1.24 bits per heavy atom. The molecule has 0 radical (unpaired) electrons. The van der Waals surface area contributed by atoms with Gasteiger partial charge in [0.1, 0.15) is 0 Å². The van der Waals surface area contributed by atoms with Crippen LogP contribution in [0.1, 0.15) is 18.9 Å². The topological polar surface area (TPSA) is 23.5 Å². The van der Waals surface area contributed by atoms with Crippen molar-refractivity contribution < 1.29 is 5.11 Å². The highest BCUT2D eigenvalue weighted by Crippen LogP contribution is 2.33. The van der Waals surface area contributed by atoms with Crippen molar-refractivity contribution in [1.29, 1.82) is 0 Å². The summed E-state index contributed by atoms with van der Waals surface area (Å²) in [5.74, 6) is 1.04. The van der Waals surface area contributed by atoms with Gasteiger partial charge in [-0.25, -0.2) is 0 Å². The van der Waals surface area contributed by atoms with Crippen LogP contribution in [-0.4, -0.2) is 29.0 Å². The van der Waals surface area contributed by atoms with Crippen molar-refractivity contribution in [1.82, 2.24) is 4.90 Å². The molecule has 0 unspecified atom stereocenters. The molecule has 1 aromatic rings. The Labute approximate surface area is 107 Å². The molecule has 92 valence electrons. The number of allylic oxidation sites excluding steroid dienone is 1. The average molecular weight is 249 g/mol. The number of rotatable bonds is 5. The second kappa shape index (κ2) is 6.12. The highest BCUT2D eigenvalue weighted by atomic mass is 32.2. The third-order valence-electron chi connectivity index (χ3n) is 3.12. The molecule has 2 nitrogen and oxygen atoms in total. The fraction of sp³-hybridized carbons (Fsp3) is 0.429. The zero-order chi connectivity index (χ0) is 12.1. The van der Waals surface area contributed by atoms with E-state index in [1.807, 2.05) is 11.8 Å². The summed E-state index contributed by atoms with van der Waals surface area (Å²) in [7, 11) is 0. The van der Waals surface area contributed by atoms with Crippen LogP contribution in [0, 0.1) is 0 Å². The lowest BCUT2D eigenvalue weighted by molar-refractivity contribution is 0.300. The molecule has 0 spiro atoms. The van der Waals surface area contributed by atoms with E-state index >= 15 is 0 Å². The van der Waals surface area contributed by atoms with Crippen molar-refractivity contribution in [3.05, 3.63) is 46.5 Å². The van der Waals surface area contributed by atoms with Gasteiger partial charge < -0.3 is 10.0 Å². The second-order valence-electron chi connectivity index (χ2n) is 4.25. The van der Waals surface area contributed by atoms with E-state index in [0.29, 0.717) is 0 Å². The summed E-state index contributed by atoms with van der Waals surface area (Å²) in [6.45, 7) is 3.49. The Morgan fingerprint density at radius 3 is 2.71 bits per heavy atom. The van der Waals surface area contributed by atoms with Gasteiger partial charge in [-0.3, -0.25) is 0 Å². The maximum Gasteiger partial charge on any atom is 0.0680 e. The van der Waals surface area contributed by atoms with Crippen LogP contribution in [0.3, 0.4) is 0 Å². The Bertz CT molecular complexity index is 388. The van der Waals surface area contributed by atoms with Crippen LogP contribution in [0.5, 0.6) is 0 Å². The van der Waals surface area contributed by atoms with Crippen molar-refractivity contribution >= 4 is 11.8 Å². The molecular formula is C14H19NOS. The predicted molar refractivity (Wildman–Crippen MR) is 73.7 cm³/mol. The number of aliphatic hydroxyl groups excluding tert-OH is 1. The van der Waals surface area contributed by atoms with Crippen LogP contribution in [-0.2, 0) is 6.42 Å². The number of aliphatic hydroxyl groups is 1. The molecule has 0 bridgehead atoms. The van der Waals surface area contributed by atoms with Crippen LogP contribution >= 0.6 is 11.8 Å². The average Bonchev–Trinajstić information content (AvgIpc) is 2.70. The summed E-state index contributed by atoms with van der Waals surface area (Å²) in [6.07, 6.45) is 1.89. The third kappa shape index (κ3) is 3.27. The molecule has 2 rings (SSSR count). The highest BCUT2D eigenvalue weighted by molar-refractivity contribution is 8.03. The Morgan fingerprint density at radius 2 is 2.00 bits per heavy atom. The fourth-order valence-electron chi connectivity index (χ4n) is 2.03. The van der Waals surface area contributed by atoms with Gasteiger partial charge in [0.05, 0.1) is 5.88 Å². The summed E-state index contributed by atoms with van der Waals surface area (Å²) in [6, 6.07) is 10.6. The zero-order valence-electron chi connectivity index (χ0n) is 10.2. The van der Waals surface area contributed by atoms with Crippen molar-refractivity contribution in [3.8, 4) is 0 Å². The molecule has 0 amide bonds. The first-order chi connectivity index (χ1) is 8.31. The first-order valence-electron chi connectivity index (χ1n) is 6.03. The molecule has 0 aliphatic carbocycles. The Hall–Kier alpha value is -0.930. The van der Waals surface area contributed by atoms with E-state index in [1.54, 1.807) is 0 Å². The van der Waals surface area contributed by atoms with Crippen LogP contribution in [0.25, 0.3) is 0 Å². The molecule has 17 heavy (non-hydrogen) atoms. The SMILES string of the molecule is CC1=C(CCO)SCN1CCc1ccccc1. The minimum Gasteiger partial charge on any atom is -0.396 e. The molecule has 0 saturated heterocycles. The van der Waals surface area contributed by atoms with E-state index in [9.17, 15) is 0 Å². The lowest BCUT2D eigenvalue weighted by Gasteiger charge is -2.19. The maximum absolute atomic E-state index is 8.97. The van der Waals surface area contributed by atoms with Gasteiger partial charge in [-0.1, -0.05) is 30.3 Å². The van der Waals surface area contributed by atoms with Crippen molar-refractivity contribution in [2.24, 2.45) is 0 Å². The lowest BCUT2D eigenvalue weighted by Crippen LogP contribution is -2.20. The standard InChI is InChI=1S/C14H19NOS/c1-12-14(8-10-16)17-11-15(12)9-7-13-5-3-2-4-6-13/h2-6,16H,7-11H2,1H3. The molecule has 0 saturated carbocycles. The molecule has 3 heteroatoms. The van der Waals surface area contributed by atoms with Gasteiger partial charge in [-0.2, -0.15) is 0 Å². The van der Waals surface area contributed by atoms with Crippen LogP contribution in [0.2, 0.25) is 0 Å². The minimum absolute atomic E-state index is 0.256. The summed E-state index contributed by atoms with van der Waals surface area (Å²) in [5.41, 5.74) is 2.74. The molecule has 1 aromatic carbocycles. The minimum atomic E-state index is 0.256. The molecule has 1 aliphatic heterocycles. The van der Waals surface area contributed by atoms with Gasteiger partial charge in [0, 0.05) is 30.2 Å².